The van der Waals surface area contributed by atoms with Crippen molar-refractivity contribution >= 4 is 5.91 Å². The van der Waals surface area contributed by atoms with Gasteiger partial charge in [-0.15, -0.1) is 0 Å². The molecule has 1 N–H and O–H groups in total. The zero-order valence-electron chi connectivity index (χ0n) is 14.3. The summed E-state index contributed by atoms with van der Waals surface area (Å²) in [6.45, 7) is 5.29. The van der Waals surface area contributed by atoms with Crippen LogP contribution in [0.25, 0.3) is 0 Å². The highest BCUT2D eigenvalue weighted by Gasteiger charge is 2.39. The lowest BCUT2D eigenvalue weighted by molar-refractivity contribution is 0.0138. The molecule has 0 spiro atoms. The number of carbonyl (C=O) groups is 1. The summed E-state index contributed by atoms with van der Waals surface area (Å²) in [4.78, 5) is 17.5. The van der Waals surface area contributed by atoms with Crippen LogP contribution in [0.3, 0.4) is 0 Å². The van der Waals surface area contributed by atoms with Crippen LogP contribution in [0, 0.1) is 0 Å². The molecule has 4 nitrogen and oxygen atoms in total. The van der Waals surface area contributed by atoms with E-state index in [0.717, 1.165) is 38.3 Å². The Morgan fingerprint density at radius 1 is 1.04 bits per heavy atom. The minimum atomic E-state index is 0.0599. The first-order valence-corrected chi connectivity index (χ1v) is 8.96. The van der Waals surface area contributed by atoms with Gasteiger partial charge in [-0.2, -0.15) is 0 Å². The first-order chi connectivity index (χ1) is 11.2. The third-order valence-electron chi connectivity index (χ3n) is 5.57. The third kappa shape index (κ3) is 3.93. The van der Waals surface area contributed by atoms with Crippen molar-refractivity contribution in [1.29, 1.82) is 0 Å². The zero-order valence-corrected chi connectivity index (χ0v) is 14.3. The van der Waals surface area contributed by atoms with Crippen molar-refractivity contribution < 1.29 is 4.79 Å². The highest BCUT2D eigenvalue weighted by Crippen LogP contribution is 2.34. The van der Waals surface area contributed by atoms with E-state index in [9.17, 15) is 4.79 Å². The number of rotatable bonds is 4. The molecule has 2 fully saturated rings. The Bertz CT molecular complexity index is 503. The maximum absolute atomic E-state index is 12.4. The molecule has 1 amide bonds. The molecule has 23 heavy (non-hydrogen) atoms. The average molecular weight is 315 g/mol. The molecule has 0 aromatic heterocycles. The lowest BCUT2D eigenvalue weighted by atomic mass is 9.79. The summed E-state index contributed by atoms with van der Waals surface area (Å²) in [5.41, 5.74) is 0.932. The van der Waals surface area contributed by atoms with Crippen molar-refractivity contribution in [3.63, 3.8) is 0 Å². The molecule has 1 saturated carbocycles. The summed E-state index contributed by atoms with van der Waals surface area (Å²) in [5, 5.41) is 3.22. The number of hydrogen-bond acceptors (Lipinski definition) is 3. The van der Waals surface area contributed by atoms with Gasteiger partial charge >= 0.3 is 0 Å². The van der Waals surface area contributed by atoms with Gasteiger partial charge in [0.05, 0.1) is 0 Å². The highest BCUT2D eigenvalue weighted by molar-refractivity contribution is 5.94. The van der Waals surface area contributed by atoms with Crippen molar-refractivity contribution in [3.05, 3.63) is 35.9 Å². The van der Waals surface area contributed by atoms with Crippen molar-refractivity contribution in [2.45, 2.75) is 37.6 Å². The Balaban J connectivity index is 1.66. The Hall–Kier alpha value is -1.39. The summed E-state index contributed by atoms with van der Waals surface area (Å²) in [7, 11) is 2.20. The van der Waals surface area contributed by atoms with Gasteiger partial charge in [-0.3, -0.25) is 9.69 Å². The fourth-order valence-corrected chi connectivity index (χ4v) is 4.03. The zero-order chi connectivity index (χ0) is 16.1. The fourth-order valence-electron chi connectivity index (χ4n) is 4.03. The van der Waals surface area contributed by atoms with Gasteiger partial charge in [0, 0.05) is 43.8 Å². The molecule has 0 bridgehead atoms. The summed E-state index contributed by atoms with van der Waals surface area (Å²) < 4.78 is 0. The molecule has 1 saturated heterocycles. The number of piperazine rings is 1. The van der Waals surface area contributed by atoms with Crippen LogP contribution >= 0.6 is 0 Å². The van der Waals surface area contributed by atoms with E-state index in [0.29, 0.717) is 0 Å². The normalized spacial score (nSPS) is 22.7. The predicted molar refractivity (Wildman–Crippen MR) is 93.7 cm³/mol. The van der Waals surface area contributed by atoms with E-state index in [1.54, 1.807) is 0 Å². The van der Waals surface area contributed by atoms with Gasteiger partial charge in [-0.05, 0) is 32.0 Å². The molecule has 1 aromatic rings. The fraction of sp³-hybridized carbons (Fsp3) is 0.632. The Morgan fingerprint density at radius 3 is 2.35 bits per heavy atom. The molecule has 126 valence electrons. The van der Waals surface area contributed by atoms with Gasteiger partial charge in [0.25, 0.3) is 5.91 Å². The first-order valence-electron chi connectivity index (χ1n) is 8.96. The van der Waals surface area contributed by atoms with Crippen molar-refractivity contribution in [1.82, 2.24) is 15.1 Å². The lowest BCUT2D eigenvalue weighted by Gasteiger charge is -2.49. The standard InChI is InChI=1S/C19H29N3O/c1-21-12-14-22(15-13-21)19(10-6-3-7-11-19)16-20-18(23)17-8-4-2-5-9-17/h2,4-5,8-9H,3,6-7,10-16H2,1H3,(H,20,23). The van der Waals surface area contributed by atoms with Crippen LogP contribution in [-0.2, 0) is 0 Å². The Kier molecular flexibility index (Phi) is 5.34. The maximum Gasteiger partial charge on any atom is 0.251 e. The molecular formula is C19H29N3O. The lowest BCUT2D eigenvalue weighted by Crippen LogP contribution is -2.61. The van der Waals surface area contributed by atoms with Crippen LogP contribution in [0.2, 0.25) is 0 Å². The highest BCUT2D eigenvalue weighted by atomic mass is 16.1. The molecule has 1 aliphatic heterocycles. The van der Waals surface area contributed by atoms with Gasteiger partial charge < -0.3 is 10.2 Å². The molecule has 1 aliphatic carbocycles. The summed E-state index contributed by atoms with van der Waals surface area (Å²) >= 11 is 0. The smallest absolute Gasteiger partial charge is 0.251 e. The molecule has 0 unspecified atom stereocenters. The number of likely N-dealkylation sites (N-methyl/N-ethyl adjacent to an activating group) is 1. The summed E-state index contributed by atoms with van der Waals surface area (Å²) in [6.07, 6.45) is 6.33. The van der Waals surface area contributed by atoms with Gasteiger partial charge in [-0.1, -0.05) is 37.5 Å². The van der Waals surface area contributed by atoms with Crippen LogP contribution in [0.1, 0.15) is 42.5 Å². The first kappa shape index (κ1) is 16.5. The summed E-state index contributed by atoms with van der Waals surface area (Å²) in [6, 6.07) is 9.57. The van der Waals surface area contributed by atoms with Crippen molar-refractivity contribution in [3.8, 4) is 0 Å². The van der Waals surface area contributed by atoms with Gasteiger partial charge in [0.2, 0.25) is 0 Å². The second-order valence-corrected chi connectivity index (χ2v) is 7.12. The molecular weight excluding hydrogens is 286 g/mol. The van der Waals surface area contributed by atoms with E-state index in [2.05, 4.69) is 22.2 Å². The molecule has 0 atom stereocenters. The van der Waals surface area contributed by atoms with Gasteiger partial charge in [0.1, 0.15) is 0 Å². The minimum absolute atomic E-state index is 0.0599. The second kappa shape index (κ2) is 7.45. The Morgan fingerprint density at radius 2 is 1.70 bits per heavy atom. The van der Waals surface area contributed by atoms with Crippen LogP contribution in [0.4, 0.5) is 0 Å². The quantitative estimate of drug-likeness (QED) is 0.926. The molecule has 0 radical (unpaired) electrons. The average Bonchev–Trinajstić information content (AvgIpc) is 2.62. The maximum atomic E-state index is 12.4. The number of amides is 1. The Labute approximate surface area is 139 Å². The van der Waals surface area contributed by atoms with Crippen molar-refractivity contribution in [2.75, 3.05) is 39.8 Å². The van der Waals surface area contributed by atoms with Gasteiger partial charge in [0.15, 0.2) is 0 Å². The van der Waals surface area contributed by atoms with E-state index >= 15 is 0 Å². The van der Waals surface area contributed by atoms with Crippen molar-refractivity contribution in [2.24, 2.45) is 0 Å². The van der Waals surface area contributed by atoms with Crippen LogP contribution in [-0.4, -0.2) is 61.0 Å². The van der Waals surface area contributed by atoms with E-state index in [1.165, 1.54) is 32.1 Å². The topological polar surface area (TPSA) is 35.6 Å². The SMILES string of the molecule is CN1CCN(C2(CNC(=O)c3ccccc3)CCCCC2)CC1. The van der Waals surface area contributed by atoms with Gasteiger partial charge in [-0.25, -0.2) is 0 Å². The predicted octanol–water partition coefficient (Wildman–Crippen LogP) is 2.37. The van der Waals surface area contributed by atoms with E-state index in [4.69, 9.17) is 0 Å². The number of benzene rings is 1. The second-order valence-electron chi connectivity index (χ2n) is 7.12. The summed E-state index contributed by atoms with van der Waals surface area (Å²) in [5.74, 6) is 0.0599. The largest absolute Gasteiger partial charge is 0.350 e. The van der Waals surface area contributed by atoms with E-state index in [1.807, 2.05) is 30.3 Å². The molecule has 1 aromatic carbocycles. The number of hydrogen-bond donors (Lipinski definition) is 1. The molecule has 2 aliphatic rings. The molecule has 3 rings (SSSR count). The van der Waals surface area contributed by atoms with Crippen LogP contribution < -0.4 is 5.32 Å². The molecule has 4 heteroatoms. The monoisotopic (exact) mass is 315 g/mol. The molecule has 1 heterocycles. The third-order valence-corrected chi connectivity index (χ3v) is 5.57. The van der Waals surface area contributed by atoms with E-state index in [-0.39, 0.29) is 11.4 Å². The van der Waals surface area contributed by atoms with E-state index < -0.39 is 0 Å². The van der Waals surface area contributed by atoms with Crippen LogP contribution in [0.15, 0.2) is 30.3 Å². The number of nitrogens with one attached hydrogen (secondary N) is 1. The van der Waals surface area contributed by atoms with Crippen LogP contribution in [0.5, 0.6) is 0 Å². The minimum Gasteiger partial charge on any atom is -0.350 e. The number of carbonyl (C=O) groups excluding carboxylic acids is 1. The number of nitrogens with zero attached hydrogens (tertiary/aromatic N) is 2.